The number of cyclic esters (lactones) is 1. The second-order valence-corrected chi connectivity index (χ2v) is 2.41. The molecule has 1 rings (SSSR count). The van der Waals surface area contributed by atoms with Crippen molar-refractivity contribution < 1.29 is 22.5 Å². The van der Waals surface area contributed by atoms with E-state index in [0.29, 0.717) is 0 Å². The molecule has 2 atom stereocenters. The molecule has 0 aromatic rings. The summed E-state index contributed by atoms with van der Waals surface area (Å²) >= 11 is -2.55. The Kier molecular flexibility index (Phi) is 2.36. The Morgan fingerprint density at radius 3 is 2.90 bits per heavy atom. The number of rotatable bonds is 2. The van der Waals surface area contributed by atoms with Gasteiger partial charge in [-0.05, 0) is 0 Å². The molecule has 2 unspecified atom stereocenters. The van der Waals surface area contributed by atoms with E-state index < -0.39 is 23.4 Å². The Bertz CT molecular complexity index is 167. The van der Waals surface area contributed by atoms with Crippen LogP contribution in [0, 0.1) is 0 Å². The molecule has 0 aliphatic carbocycles. The quantitative estimate of drug-likeness (QED) is 0.392. The van der Waals surface area contributed by atoms with Crippen LogP contribution in [-0.2, 0) is 25.1 Å². The van der Waals surface area contributed by atoms with Gasteiger partial charge in [-0.2, -0.15) is 0 Å². The van der Waals surface area contributed by atoms with Gasteiger partial charge in [-0.1, -0.05) is 0 Å². The Balaban J connectivity index is 2.31. The lowest BCUT2D eigenvalue weighted by Gasteiger charge is -2.08. The predicted molar refractivity (Wildman–Crippen MR) is 29.4 cm³/mol. The average molecular weight is 165 g/mol. The molecule has 0 N–H and O–H groups in total. The maximum absolute atomic E-state index is 10.3. The first-order chi connectivity index (χ1) is 4.68. The van der Waals surface area contributed by atoms with Crippen LogP contribution in [0.15, 0.2) is 0 Å². The van der Waals surface area contributed by atoms with Gasteiger partial charge in [0.25, 0.3) is 0 Å². The van der Waals surface area contributed by atoms with Crippen molar-refractivity contribution in [2.75, 3.05) is 6.61 Å². The molecule has 1 aliphatic rings. The first-order valence-electron chi connectivity index (χ1n) is 2.60. The maximum Gasteiger partial charge on any atom is 0.308 e. The first kappa shape index (κ1) is 7.64. The topological polar surface area (TPSA) is 75.7 Å². The van der Waals surface area contributed by atoms with Crippen molar-refractivity contribution in [2.24, 2.45) is 0 Å². The van der Waals surface area contributed by atoms with Gasteiger partial charge in [0, 0.05) is 0 Å². The van der Waals surface area contributed by atoms with E-state index in [2.05, 4.69) is 8.92 Å². The summed E-state index contributed by atoms with van der Waals surface area (Å²) in [6, 6.07) is 0. The molecule has 6 heteroatoms. The number of carbonyl (C=O) groups is 1. The third-order valence-corrected chi connectivity index (χ3v) is 1.47. The summed E-state index contributed by atoms with van der Waals surface area (Å²) in [5, 5.41) is 0. The lowest BCUT2D eigenvalue weighted by molar-refractivity contribution is -0.137. The van der Waals surface area contributed by atoms with Crippen LogP contribution in [0.1, 0.15) is 6.42 Å². The van der Waals surface area contributed by atoms with Crippen molar-refractivity contribution >= 4 is 17.3 Å². The van der Waals surface area contributed by atoms with Gasteiger partial charge in [-0.3, -0.25) is 8.98 Å². The van der Waals surface area contributed by atoms with E-state index in [9.17, 15) is 13.6 Å². The molecule has 0 spiro atoms. The van der Waals surface area contributed by atoms with E-state index in [1.54, 1.807) is 0 Å². The molecule has 1 heterocycles. The fraction of sp³-hybridized carbons (Fsp3) is 0.750. The standard InChI is InChI=1S/C4H6O5S/c5-4-1-3(2-8-4)9-10(6)7/h3H,1-2H2,(H,6,7)/p-1. The summed E-state index contributed by atoms with van der Waals surface area (Å²) < 4.78 is 28.4. The normalized spacial score (nSPS) is 28.1. The zero-order valence-electron chi connectivity index (χ0n) is 4.94. The minimum Gasteiger partial charge on any atom is -0.750 e. The number of esters is 1. The van der Waals surface area contributed by atoms with Crippen LogP contribution >= 0.6 is 0 Å². The number of ether oxygens (including phenoxy) is 1. The largest absolute Gasteiger partial charge is 0.750 e. The molecule has 58 valence electrons. The maximum atomic E-state index is 10.3. The molecule has 0 radical (unpaired) electrons. The summed E-state index contributed by atoms with van der Waals surface area (Å²) in [6.07, 6.45) is -0.598. The fourth-order valence-electron chi connectivity index (χ4n) is 0.663. The second kappa shape index (κ2) is 3.09. The summed E-state index contributed by atoms with van der Waals surface area (Å²) in [4.78, 5) is 10.3. The smallest absolute Gasteiger partial charge is 0.308 e. The Morgan fingerprint density at radius 1 is 1.80 bits per heavy atom. The number of hydrogen-bond acceptors (Lipinski definition) is 5. The van der Waals surface area contributed by atoms with Crippen LogP contribution in [0.4, 0.5) is 0 Å². The van der Waals surface area contributed by atoms with Gasteiger partial charge in [0.2, 0.25) is 0 Å². The molecule has 1 aliphatic heterocycles. The van der Waals surface area contributed by atoms with Crippen LogP contribution in [0.5, 0.6) is 0 Å². The molecule has 0 aromatic carbocycles. The monoisotopic (exact) mass is 165 g/mol. The van der Waals surface area contributed by atoms with Crippen molar-refractivity contribution in [3.05, 3.63) is 0 Å². The highest BCUT2D eigenvalue weighted by Crippen LogP contribution is 2.09. The van der Waals surface area contributed by atoms with Crippen molar-refractivity contribution in [3.63, 3.8) is 0 Å². The zero-order chi connectivity index (χ0) is 7.56. The zero-order valence-corrected chi connectivity index (χ0v) is 5.76. The molecule has 1 fully saturated rings. The molecular formula is C4H5O5S-. The Morgan fingerprint density at radius 2 is 2.50 bits per heavy atom. The molecular weight excluding hydrogens is 160 g/mol. The number of hydrogen-bond donors (Lipinski definition) is 0. The van der Waals surface area contributed by atoms with E-state index in [4.69, 9.17) is 0 Å². The van der Waals surface area contributed by atoms with E-state index >= 15 is 0 Å². The Labute approximate surface area is 59.8 Å². The molecule has 0 bridgehead atoms. The third-order valence-electron chi connectivity index (χ3n) is 1.04. The van der Waals surface area contributed by atoms with E-state index in [-0.39, 0.29) is 13.0 Å². The van der Waals surface area contributed by atoms with Gasteiger partial charge < -0.3 is 9.29 Å². The Hall–Kier alpha value is -0.460. The minimum absolute atomic E-state index is 0.0218. The van der Waals surface area contributed by atoms with E-state index in [1.165, 1.54) is 0 Å². The summed E-state index contributed by atoms with van der Waals surface area (Å²) in [7, 11) is 0. The highest BCUT2D eigenvalue weighted by molar-refractivity contribution is 7.74. The van der Waals surface area contributed by atoms with Gasteiger partial charge in [0.1, 0.15) is 12.7 Å². The van der Waals surface area contributed by atoms with Crippen molar-refractivity contribution in [3.8, 4) is 0 Å². The lowest BCUT2D eigenvalue weighted by Crippen LogP contribution is -2.13. The summed E-state index contributed by atoms with van der Waals surface area (Å²) in [5.74, 6) is -0.421. The molecule has 5 nitrogen and oxygen atoms in total. The first-order valence-corrected chi connectivity index (χ1v) is 3.60. The highest BCUT2D eigenvalue weighted by Gasteiger charge is 2.24. The van der Waals surface area contributed by atoms with Crippen molar-refractivity contribution in [1.82, 2.24) is 0 Å². The van der Waals surface area contributed by atoms with Crippen molar-refractivity contribution in [1.29, 1.82) is 0 Å². The number of carbonyl (C=O) groups excluding carboxylic acids is 1. The minimum atomic E-state index is -2.55. The highest BCUT2D eigenvalue weighted by atomic mass is 32.2. The van der Waals surface area contributed by atoms with Gasteiger partial charge in [0.05, 0.1) is 17.8 Å². The lowest BCUT2D eigenvalue weighted by atomic mass is 10.3. The summed E-state index contributed by atoms with van der Waals surface area (Å²) in [6.45, 7) is 0.0345. The predicted octanol–water partition coefficient (Wildman–Crippen LogP) is -0.887. The molecule has 1 saturated heterocycles. The second-order valence-electron chi connectivity index (χ2n) is 1.81. The van der Waals surface area contributed by atoms with Crippen LogP contribution in [0.3, 0.4) is 0 Å². The van der Waals surface area contributed by atoms with Crippen LogP contribution < -0.4 is 0 Å². The average Bonchev–Trinajstić information content (AvgIpc) is 2.13. The van der Waals surface area contributed by atoms with E-state index in [0.717, 1.165) is 0 Å². The SMILES string of the molecule is O=C1CC(OS(=O)[O-])CO1. The molecule has 0 aromatic heterocycles. The summed E-state index contributed by atoms with van der Waals surface area (Å²) in [5.41, 5.74) is 0. The fourth-order valence-corrected chi connectivity index (χ4v) is 1.01. The van der Waals surface area contributed by atoms with Crippen LogP contribution in [-0.4, -0.2) is 27.4 Å². The van der Waals surface area contributed by atoms with E-state index in [1.807, 2.05) is 0 Å². The third kappa shape index (κ3) is 2.05. The van der Waals surface area contributed by atoms with Crippen molar-refractivity contribution in [2.45, 2.75) is 12.5 Å². The van der Waals surface area contributed by atoms with Gasteiger partial charge in [-0.15, -0.1) is 0 Å². The van der Waals surface area contributed by atoms with Gasteiger partial charge >= 0.3 is 5.97 Å². The molecule has 0 saturated carbocycles. The molecule has 10 heavy (non-hydrogen) atoms. The van der Waals surface area contributed by atoms with Gasteiger partial charge in [-0.25, -0.2) is 4.21 Å². The molecule has 0 amide bonds. The van der Waals surface area contributed by atoms with Gasteiger partial charge in [0.15, 0.2) is 0 Å². The van der Waals surface area contributed by atoms with Crippen LogP contribution in [0.2, 0.25) is 0 Å². The van der Waals surface area contributed by atoms with Crippen LogP contribution in [0.25, 0.3) is 0 Å².